The lowest BCUT2D eigenvalue weighted by Crippen LogP contribution is -2.02. The van der Waals surface area contributed by atoms with Gasteiger partial charge in [0.25, 0.3) is 0 Å². The SMILES string of the molecule is CCCOc1ccc([C@H](C)N=[N+]=[N-])cc1OCCC. The highest BCUT2D eigenvalue weighted by molar-refractivity contribution is 5.43. The number of benzene rings is 1. The normalized spacial score (nSPS) is 11.5. The summed E-state index contributed by atoms with van der Waals surface area (Å²) in [7, 11) is 0. The van der Waals surface area contributed by atoms with Crippen LogP contribution in [0.4, 0.5) is 0 Å². The number of ether oxygens (including phenoxy) is 2. The highest BCUT2D eigenvalue weighted by Crippen LogP contribution is 2.32. The second-order valence-electron chi connectivity index (χ2n) is 4.28. The second-order valence-corrected chi connectivity index (χ2v) is 4.28. The minimum absolute atomic E-state index is 0.214. The molecule has 0 spiro atoms. The van der Waals surface area contributed by atoms with E-state index in [0.717, 1.165) is 24.2 Å². The van der Waals surface area contributed by atoms with Gasteiger partial charge in [-0.2, -0.15) is 0 Å². The predicted molar refractivity (Wildman–Crippen MR) is 75.6 cm³/mol. The van der Waals surface area contributed by atoms with Crippen LogP contribution in [0.1, 0.15) is 45.2 Å². The minimum atomic E-state index is -0.214. The first kappa shape index (κ1) is 15.2. The van der Waals surface area contributed by atoms with Crippen molar-refractivity contribution in [3.63, 3.8) is 0 Å². The van der Waals surface area contributed by atoms with Crippen molar-refractivity contribution in [2.75, 3.05) is 13.2 Å². The van der Waals surface area contributed by atoms with E-state index in [1.54, 1.807) is 0 Å². The number of hydrogen-bond acceptors (Lipinski definition) is 3. The van der Waals surface area contributed by atoms with Gasteiger partial charge < -0.3 is 9.47 Å². The Labute approximate surface area is 114 Å². The van der Waals surface area contributed by atoms with Gasteiger partial charge in [-0.1, -0.05) is 32.0 Å². The lowest BCUT2D eigenvalue weighted by atomic mass is 10.1. The van der Waals surface area contributed by atoms with Crippen LogP contribution in [0.25, 0.3) is 10.4 Å². The standard InChI is InChI=1S/C14H21N3O2/c1-4-8-18-13-7-6-12(11(3)16-17-15)10-14(13)19-9-5-2/h6-7,10-11H,4-5,8-9H2,1-3H3/t11-/m0/s1. The van der Waals surface area contributed by atoms with Gasteiger partial charge in [0.2, 0.25) is 0 Å². The lowest BCUT2D eigenvalue weighted by molar-refractivity contribution is 0.268. The molecule has 1 atom stereocenters. The van der Waals surface area contributed by atoms with E-state index in [0.29, 0.717) is 19.0 Å². The predicted octanol–water partition coefficient (Wildman–Crippen LogP) is 4.64. The van der Waals surface area contributed by atoms with Crippen molar-refractivity contribution in [3.8, 4) is 11.5 Å². The Bertz CT molecular complexity index is 442. The number of rotatable bonds is 8. The third-order valence-corrected chi connectivity index (χ3v) is 2.60. The van der Waals surface area contributed by atoms with Crippen molar-refractivity contribution in [1.29, 1.82) is 0 Å². The molecule has 0 amide bonds. The number of nitrogens with zero attached hydrogens (tertiary/aromatic N) is 3. The van der Waals surface area contributed by atoms with Gasteiger partial charge in [-0.3, -0.25) is 0 Å². The Morgan fingerprint density at radius 2 is 1.79 bits per heavy atom. The summed E-state index contributed by atoms with van der Waals surface area (Å²) >= 11 is 0. The van der Waals surface area contributed by atoms with Gasteiger partial charge in [0.15, 0.2) is 11.5 Å². The van der Waals surface area contributed by atoms with Crippen LogP contribution in [-0.2, 0) is 0 Å². The molecule has 104 valence electrons. The smallest absolute Gasteiger partial charge is 0.161 e. The van der Waals surface area contributed by atoms with Crippen LogP contribution in [0.3, 0.4) is 0 Å². The van der Waals surface area contributed by atoms with Gasteiger partial charge in [-0.25, -0.2) is 0 Å². The summed E-state index contributed by atoms with van der Waals surface area (Å²) in [6.07, 6.45) is 1.88. The van der Waals surface area contributed by atoms with Crippen molar-refractivity contribution >= 4 is 0 Å². The molecule has 0 heterocycles. The maximum absolute atomic E-state index is 8.48. The summed E-state index contributed by atoms with van der Waals surface area (Å²) in [5.74, 6) is 1.46. The molecule has 0 aliphatic rings. The molecule has 0 radical (unpaired) electrons. The van der Waals surface area contributed by atoms with Gasteiger partial charge in [-0.05, 0) is 36.1 Å². The average molecular weight is 263 g/mol. The zero-order chi connectivity index (χ0) is 14.1. The van der Waals surface area contributed by atoms with E-state index in [-0.39, 0.29) is 6.04 Å². The van der Waals surface area contributed by atoms with E-state index in [1.165, 1.54) is 0 Å². The van der Waals surface area contributed by atoms with Crippen molar-refractivity contribution in [3.05, 3.63) is 34.2 Å². The van der Waals surface area contributed by atoms with E-state index >= 15 is 0 Å². The summed E-state index contributed by atoms with van der Waals surface area (Å²) in [4.78, 5) is 2.83. The number of azide groups is 1. The average Bonchev–Trinajstić information content (AvgIpc) is 2.43. The number of hydrogen-bond donors (Lipinski definition) is 0. The fourth-order valence-electron chi connectivity index (χ4n) is 1.58. The molecule has 1 aromatic rings. The summed E-state index contributed by atoms with van der Waals surface area (Å²) in [6, 6.07) is 5.46. The van der Waals surface area contributed by atoms with Crippen molar-refractivity contribution < 1.29 is 9.47 Å². The van der Waals surface area contributed by atoms with E-state index < -0.39 is 0 Å². The van der Waals surface area contributed by atoms with Gasteiger partial charge >= 0.3 is 0 Å². The van der Waals surface area contributed by atoms with Crippen molar-refractivity contribution in [1.82, 2.24) is 0 Å². The van der Waals surface area contributed by atoms with E-state index in [1.807, 2.05) is 25.1 Å². The summed E-state index contributed by atoms with van der Waals surface area (Å²) in [5.41, 5.74) is 9.41. The molecule has 0 saturated heterocycles. The molecule has 19 heavy (non-hydrogen) atoms. The first-order chi connectivity index (χ1) is 9.22. The highest BCUT2D eigenvalue weighted by atomic mass is 16.5. The largest absolute Gasteiger partial charge is 0.490 e. The quantitative estimate of drug-likeness (QED) is 0.389. The molecule has 0 bridgehead atoms. The Balaban J connectivity index is 2.95. The maximum Gasteiger partial charge on any atom is 0.161 e. The molecule has 5 nitrogen and oxygen atoms in total. The van der Waals surface area contributed by atoms with Gasteiger partial charge in [0.05, 0.1) is 19.3 Å². The monoisotopic (exact) mass is 263 g/mol. The molecule has 0 aromatic heterocycles. The third kappa shape index (κ3) is 4.72. The molecule has 1 aromatic carbocycles. The molecule has 0 fully saturated rings. The second kappa shape index (κ2) is 8.27. The first-order valence-corrected chi connectivity index (χ1v) is 6.66. The van der Waals surface area contributed by atoms with Gasteiger partial charge in [0.1, 0.15) is 0 Å². The van der Waals surface area contributed by atoms with Crippen LogP contribution in [0, 0.1) is 0 Å². The van der Waals surface area contributed by atoms with Crippen LogP contribution in [0.5, 0.6) is 11.5 Å². The molecule has 0 unspecified atom stereocenters. The fourth-order valence-corrected chi connectivity index (χ4v) is 1.58. The van der Waals surface area contributed by atoms with Crippen LogP contribution >= 0.6 is 0 Å². The molecular weight excluding hydrogens is 242 g/mol. The molecule has 5 heteroatoms. The maximum atomic E-state index is 8.48. The van der Waals surface area contributed by atoms with E-state index in [9.17, 15) is 0 Å². The molecule has 0 saturated carbocycles. The van der Waals surface area contributed by atoms with Crippen molar-refractivity contribution in [2.24, 2.45) is 5.11 Å². The molecule has 0 aliphatic carbocycles. The Morgan fingerprint density at radius 1 is 1.16 bits per heavy atom. The van der Waals surface area contributed by atoms with Gasteiger partial charge in [-0.15, -0.1) is 0 Å². The zero-order valence-corrected chi connectivity index (χ0v) is 11.8. The van der Waals surface area contributed by atoms with Crippen molar-refractivity contribution in [2.45, 2.75) is 39.7 Å². The summed E-state index contributed by atoms with van der Waals surface area (Å²) in [5, 5.41) is 3.69. The molecule has 0 N–H and O–H groups in total. The Morgan fingerprint density at radius 3 is 2.37 bits per heavy atom. The summed E-state index contributed by atoms with van der Waals surface area (Å²) < 4.78 is 11.3. The third-order valence-electron chi connectivity index (χ3n) is 2.60. The highest BCUT2D eigenvalue weighted by Gasteiger charge is 2.10. The van der Waals surface area contributed by atoms with E-state index in [4.69, 9.17) is 15.0 Å². The first-order valence-electron chi connectivity index (χ1n) is 6.66. The topological polar surface area (TPSA) is 67.2 Å². The Hall–Kier alpha value is -1.87. The minimum Gasteiger partial charge on any atom is -0.490 e. The lowest BCUT2D eigenvalue weighted by Gasteiger charge is -2.14. The molecule has 0 aliphatic heterocycles. The van der Waals surface area contributed by atoms with Crippen LogP contribution in [-0.4, -0.2) is 13.2 Å². The van der Waals surface area contributed by atoms with Crippen LogP contribution < -0.4 is 9.47 Å². The summed E-state index contributed by atoms with van der Waals surface area (Å²) in [6.45, 7) is 7.27. The zero-order valence-electron chi connectivity index (χ0n) is 11.8. The molecule has 1 rings (SSSR count). The van der Waals surface area contributed by atoms with Crippen LogP contribution in [0.2, 0.25) is 0 Å². The Kier molecular flexibility index (Phi) is 6.61. The fraction of sp³-hybridized carbons (Fsp3) is 0.571. The van der Waals surface area contributed by atoms with E-state index in [2.05, 4.69) is 23.9 Å². The van der Waals surface area contributed by atoms with Gasteiger partial charge in [0, 0.05) is 4.91 Å². The molecular formula is C14H21N3O2. The van der Waals surface area contributed by atoms with Crippen LogP contribution in [0.15, 0.2) is 23.3 Å².